The molecule has 0 aliphatic carbocycles. The van der Waals surface area contributed by atoms with Crippen LogP contribution in [0, 0.1) is 0 Å². The standard InChI is InChI=1S/C8H16N4O/c1-2-10-8(9)11-5-6-3-4-7(13)12-6/h6H,2-5H2,1H3,(H,12,13)(H3,9,10,11). The average Bonchev–Trinajstić information content (AvgIpc) is 2.49. The van der Waals surface area contributed by atoms with E-state index in [2.05, 4.69) is 15.6 Å². The summed E-state index contributed by atoms with van der Waals surface area (Å²) in [5.41, 5.74) is 5.52. The van der Waals surface area contributed by atoms with E-state index in [1.54, 1.807) is 0 Å². The molecule has 13 heavy (non-hydrogen) atoms. The number of carbonyl (C=O) groups is 1. The summed E-state index contributed by atoms with van der Waals surface area (Å²) in [6, 6.07) is 0.171. The number of nitrogens with one attached hydrogen (secondary N) is 2. The summed E-state index contributed by atoms with van der Waals surface area (Å²) in [6.45, 7) is 3.30. The van der Waals surface area contributed by atoms with Gasteiger partial charge in [0.15, 0.2) is 5.96 Å². The van der Waals surface area contributed by atoms with Crippen molar-refractivity contribution in [2.24, 2.45) is 10.7 Å². The third-order valence-corrected chi connectivity index (χ3v) is 1.92. The molecule has 1 aliphatic heterocycles. The first kappa shape index (κ1) is 9.83. The van der Waals surface area contributed by atoms with Crippen molar-refractivity contribution in [1.82, 2.24) is 10.6 Å². The number of rotatable bonds is 3. The zero-order valence-corrected chi connectivity index (χ0v) is 7.84. The van der Waals surface area contributed by atoms with Crippen LogP contribution < -0.4 is 16.4 Å². The van der Waals surface area contributed by atoms with E-state index in [0.717, 1.165) is 13.0 Å². The molecule has 1 unspecified atom stereocenters. The van der Waals surface area contributed by atoms with E-state index in [1.807, 2.05) is 6.92 Å². The monoisotopic (exact) mass is 184 g/mol. The molecule has 1 fully saturated rings. The van der Waals surface area contributed by atoms with Gasteiger partial charge >= 0.3 is 0 Å². The fraction of sp³-hybridized carbons (Fsp3) is 0.750. The van der Waals surface area contributed by atoms with Crippen LogP contribution in [0.2, 0.25) is 0 Å². The SMILES string of the molecule is CCNC(N)=NCC1CCC(=O)N1. The Labute approximate surface area is 77.8 Å². The first-order valence-electron chi connectivity index (χ1n) is 4.55. The Balaban J connectivity index is 2.25. The van der Waals surface area contributed by atoms with Gasteiger partial charge in [-0.1, -0.05) is 0 Å². The Morgan fingerprint density at radius 3 is 3.15 bits per heavy atom. The van der Waals surface area contributed by atoms with Gasteiger partial charge in [-0.25, -0.2) is 0 Å². The van der Waals surface area contributed by atoms with Gasteiger partial charge in [-0.3, -0.25) is 9.79 Å². The zero-order valence-electron chi connectivity index (χ0n) is 7.84. The van der Waals surface area contributed by atoms with Crippen LogP contribution in [0.25, 0.3) is 0 Å². The third-order valence-electron chi connectivity index (χ3n) is 1.92. The molecule has 1 saturated heterocycles. The van der Waals surface area contributed by atoms with Crippen LogP contribution >= 0.6 is 0 Å². The van der Waals surface area contributed by atoms with Gasteiger partial charge in [-0.2, -0.15) is 0 Å². The second-order valence-corrected chi connectivity index (χ2v) is 3.06. The van der Waals surface area contributed by atoms with Crippen LogP contribution in [0.1, 0.15) is 19.8 Å². The molecule has 0 radical (unpaired) electrons. The largest absolute Gasteiger partial charge is 0.370 e. The van der Waals surface area contributed by atoms with Crippen LogP contribution in [0.5, 0.6) is 0 Å². The van der Waals surface area contributed by atoms with Gasteiger partial charge in [0.25, 0.3) is 0 Å². The second-order valence-electron chi connectivity index (χ2n) is 3.06. The third kappa shape index (κ3) is 3.31. The number of aliphatic imine (C=N–C) groups is 1. The van der Waals surface area contributed by atoms with Gasteiger partial charge in [0, 0.05) is 19.0 Å². The summed E-state index contributed by atoms with van der Waals surface area (Å²) in [7, 11) is 0. The van der Waals surface area contributed by atoms with E-state index in [1.165, 1.54) is 0 Å². The van der Waals surface area contributed by atoms with Crippen LogP contribution in [-0.4, -0.2) is 31.0 Å². The Morgan fingerprint density at radius 2 is 2.62 bits per heavy atom. The van der Waals surface area contributed by atoms with Crippen LogP contribution in [-0.2, 0) is 4.79 Å². The molecule has 1 heterocycles. The maximum absolute atomic E-state index is 10.8. The predicted molar refractivity (Wildman–Crippen MR) is 51.3 cm³/mol. The second kappa shape index (κ2) is 4.69. The highest BCUT2D eigenvalue weighted by atomic mass is 16.1. The van der Waals surface area contributed by atoms with Crippen molar-refractivity contribution >= 4 is 11.9 Å². The number of carbonyl (C=O) groups excluding carboxylic acids is 1. The molecular formula is C8H16N4O. The van der Waals surface area contributed by atoms with Crippen LogP contribution in [0.4, 0.5) is 0 Å². The van der Waals surface area contributed by atoms with Gasteiger partial charge in [-0.05, 0) is 13.3 Å². The summed E-state index contributed by atoms with van der Waals surface area (Å²) in [5.74, 6) is 0.561. The van der Waals surface area contributed by atoms with Crippen molar-refractivity contribution in [2.45, 2.75) is 25.8 Å². The molecule has 0 saturated carbocycles. The van der Waals surface area contributed by atoms with Crippen molar-refractivity contribution in [3.63, 3.8) is 0 Å². The number of hydrogen-bond acceptors (Lipinski definition) is 2. The van der Waals surface area contributed by atoms with Crippen molar-refractivity contribution in [2.75, 3.05) is 13.1 Å². The molecule has 1 rings (SSSR count). The molecule has 0 spiro atoms. The Morgan fingerprint density at radius 1 is 1.85 bits per heavy atom. The summed E-state index contributed by atoms with van der Waals surface area (Å²) in [6.07, 6.45) is 1.48. The van der Waals surface area contributed by atoms with E-state index < -0.39 is 0 Å². The minimum absolute atomic E-state index is 0.113. The summed E-state index contributed by atoms with van der Waals surface area (Å²) in [4.78, 5) is 14.9. The van der Waals surface area contributed by atoms with Crippen molar-refractivity contribution in [3.8, 4) is 0 Å². The molecule has 5 nitrogen and oxygen atoms in total. The average molecular weight is 184 g/mol. The molecule has 5 heteroatoms. The lowest BCUT2D eigenvalue weighted by atomic mass is 10.2. The van der Waals surface area contributed by atoms with E-state index in [0.29, 0.717) is 18.9 Å². The maximum Gasteiger partial charge on any atom is 0.220 e. The van der Waals surface area contributed by atoms with Crippen molar-refractivity contribution in [3.05, 3.63) is 0 Å². The smallest absolute Gasteiger partial charge is 0.220 e. The van der Waals surface area contributed by atoms with Gasteiger partial charge in [0.2, 0.25) is 5.91 Å². The Hall–Kier alpha value is -1.26. The Kier molecular flexibility index (Phi) is 3.54. The number of nitrogens with two attached hydrogens (primary N) is 1. The molecule has 1 aliphatic rings. The number of guanidine groups is 1. The first-order valence-corrected chi connectivity index (χ1v) is 4.55. The quantitative estimate of drug-likeness (QED) is 0.396. The van der Waals surface area contributed by atoms with Gasteiger partial charge in [-0.15, -0.1) is 0 Å². The number of nitrogens with zero attached hydrogens (tertiary/aromatic N) is 1. The summed E-state index contributed by atoms with van der Waals surface area (Å²) in [5, 5.41) is 5.72. The van der Waals surface area contributed by atoms with Crippen LogP contribution in [0.15, 0.2) is 4.99 Å². The predicted octanol–water partition coefficient (Wildman–Crippen LogP) is -0.811. The topological polar surface area (TPSA) is 79.5 Å². The number of amides is 1. The molecule has 74 valence electrons. The van der Waals surface area contributed by atoms with E-state index in [9.17, 15) is 4.79 Å². The first-order chi connectivity index (χ1) is 6.22. The molecule has 0 aromatic heterocycles. The molecule has 0 aromatic carbocycles. The molecule has 0 bridgehead atoms. The van der Waals surface area contributed by atoms with Crippen molar-refractivity contribution in [1.29, 1.82) is 0 Å². The lowest BCUT2D eigenvalue weighted by Gasteiger charge is -2.07. The number of hydrogen-bond donors (Lipinski definition) is 3. The highest BCUT2D eigenvalue weighted by Gasteiger charge is 2.19. The van der Waals surface area contributed by atoms with Crippen LogP contribution in [0.3, 0.4) is 0 Å². The Bertz CT molecular complexity index is 214. The maximum atomic E-state index is 10.8. The lowest BCUT2D eigenvalue weighted by molar-refractivity contribution is -0.119. The minimum atomic E-state index is 0.113. The molecule has 0 aromatic rings. The van der Waals surface area contributed by atoms with E-state index in [-0.39, 0.29) is 11.9 Å². The molecule has 4 N–H and O–H groups in total. The lowest BCUT2D eigenvalue weighted by Crippen LogP contribution is -2.34. The molecule has 1 amide bonds. The highest BCUT2D eigenvalue weighted by Crippen LogP contribution is 2.05. The fourth-order valence-electron chi connectivity index (χ4n) is 1.26. The highest BCUT2D eigenvalue weighted by molar-refractivity contribution is 5.79. The van der Waals surface area contributed by atoms with Gasteiger partial charge in [0.1, 0.15) is 0 Å². The van der Waals surface area contributed by atoms with E-state index >= 15 is 0 Å². The van der Waals surface area contributed by atoms with Crippen molar-refractivity contribution < 1.29 is 4.79 Å². The molecular weight excluding hydrogens is 168 g/mol. The summed E-state index contributed by atoms with van der Waals surface area (Å²) >= 11 is 0. The van der Waals surface area contributed by atoms with Gasteiger partial charge in [0.05, 0.1) is 6.54 Å². The fourth-order valence-corrected chi connectivity index (χ4v) is 1.26. The minimum Gasteiger partial charge on any atom is -0.370 e. The summed E-state index contributed by atoms with van der Waals surface area (Å²) < 4.78 is 0. The van der Waals surface area contributed by atoms with Gasteiger partial charge < -0.3 is 16.4 Å². The van der Waals surface area contributed by atoms with E-state index in [4.69, 9.17) is 5.73 Å². The molecule has 1 atom stereocenters. The zero-order chi connectivity index (χ0) is 9.68. The normalized spacial score (nSPS) is 23.0.